The van der Waals surface area contributed by atoms with Crippen LogP contribution in [0.15, 0.2) is 46.8 Å². The molecule has 152 valence electrons. The molecule has 2 atom stereocenters. The fourth-order valence-electron chi connectivity index (χ4n) is 4.14. The number of amides is 3. The summed E-state index contributed by atoms with van der Waals surface area (Å²) in [5.74, 6) is 0.544. The predicted molar refractivity (Wildman–Crippen MR) is 107 cm³/mol. The van der Waals surface area contributed by atoms with Crippen LogP contribution in [0.5, 0.6) is 0 Å². The minimum atomic E-state index is -0.520. The minimum absolute atomic E-state index is 0.00698. The van der Waals surface area contributed by atoms with E-state index in [-0.39, 0.29) is 35.3 Å². The lowest BCUT2D eigenvalue weighted by atomic mass is 10.1. The van der Waals surface area contributed by atoms with Crippen molar-refractivity contribution in [1.82, 2.24) is 25.0 Å². The van der Waals surface area contributed by atoms with Gasteiger partial charge in [-0.05, 0) is 37.5 Å². The molecule has 5 rings (SSSR count). The van der Waals surface area contributed by atoms with Crippen molar-refractivity contribution in [2.24, 2.45) is 7.05 Å². The second-order valence-corrected chi connectivity index (χ2v) is 8.02. The highest BCUT2D eigenvalue weighted by Gasteiger charge is 2.43. The molecule has 0 radical (unpaired) electrons. The molecule has 3 amide bonds. The zero-order chi connectivity index (χ0) is 20.1. The summed E-state index contributed by atoms with van der Waals surface area (Å²) in [6, 6.07) is 2.69. The van der Waals surface area contributed by atoms with Gasteiger partial charge in [-0.25, -0.2) is 4.79 Å². The molecule has 0 spiro atoms. The van der Waals surface area contributed by atoms with Gasteiger partial charge in [0.2, 0.25) is 5.91 Å². The molecule has 1 saturated carbocycles. The van der Waals surface area contributed by atoms with Crippen molar-refractivity contribution in [1.29, 1.82) is 0 Å². The highest BCUT2D eigenvalue weighted by molar-refractivity contribution is 5.91. The van der Waals surface area contributed by atoms with Gasteiger partial charge in [0, 0.05) is 32.4 Å². The number of hydrogen-bond donors (Lipinski definition) is 3. The maximum absolute atomic E-state index is 13.2. The lowest BCUT2D eigenvalue weighted by Crippen LogP contribution is -2.56. The van der Waals surface area contributed by atoms with Crippen LogP contribution in [0.2, 0.25) is 0 Å². The molecule has 9 heteroatoms. The molecule has 3 N–H and O–H groups in total. The van der Waals surface area contributed by atoms with Crippen molar-refractivity contribution < 1.29 is 9.59 Å². The van der Waals surface area contributed by atoms with Gasteiger partial charge in [0.15, 0.2) is 0 Å². The van der Waals surface area contributed by atoms with Gasteiger partial charge in [0.05, 0.1) is 11.7 Å². The molecule has 4 heterocycles. The van der Waals surface area contributed by atoms with Crippen LogP contribution in [0.25, 0.3) is 0 Å². The Labute approximate surface area is 168 Å². The number of carbonyl (C=O) groups is 2. The number of aryl methyl sites for hydroxylation is 1. The number of dihydropyridines is 1. The van der Waals surface area contributed by atoms with Crippen LogP contribution in [0.1, 0.15) is 19.3 Å². The lowest BCUT2D eigenvalue weighted by molar-refractivity contribution is -0.122. The SMILES string of the molecule is Cn1cccc(NC(=O)N2C3=C(C=CC(C(=O)NC4CC4)N3)N3CC[C@H]2C3)c1=O. The molecular weight excluding hydrogens is 372 g/mol. The first-order valence-electron chi connectivity index (χ1n) is 10.0. The van der Waals surface area contributed by atoms with Crippen LogP contribution in [-0.2, 0) is 11.8 Å². The summed E-state index contributed by atoms with van der Waals surface area (Å²) in [4.78, 5) is 41.9. The fourth-order valence-corrected chi connectivity index (χ4v) is 4.14. The summed E-state index contributed by atoms with van der Waals surface area (Å²) >= 11 is 0. The third-order valence-corrected chi connectivity index (χ3v) is 5.88. The van der Waals surface area contributed by atoms with Gasteiger partial charge in [-0.2, -0.15) is 0 Å². The molecule has 0 aromatic carbocycles. The summed E-state index contributed by atoms with van der Waals surface area (Å²) in [6.07, 6.45) is 8.29. The lowest BCUT2D eigenvalue weighted by Gasteiger charge is -2.40. The van der Waals surface area contributed by atoms with Crippen molar-refractivity contribution in [2.45, 2.75) is 37.4 Å². The van der Waals surface area contributed by atoms with E-state index in [9.17, 15) is 14.4 Å². The van der Waals surface area contributed by atoms with Gasteiger partial charge in [0.25, 0.3) is 5.56 Å². The van der Waals surface area contributed by atoms with Crippen molar-refractivity contribution >= 4 is 17.6 Å². The van der Waals surface area contributed by atoms with Gasteiger partial charge in [-0.1, -0.05) is 6.08 Å². The Hall–Kier alpha value is -3.23. The van der Waals surface area contributed by atoms with Crippen LogP contribution in [0.4, 0.5) is 10.5 Å². The van der Waals surface area contributed by atoms with Gasteiger partial charge >= 0.3 is 6.03 Å². The first kappa shape index (κ1) is 17.8. The summed E-state index contributed by atoms with van der Waals surface area (Å²) in [5.41, 5.74) is 0.876. The van der Waals surface area contributed by atoms with Gasteiger partial charge < -0.3 is 25.4 Å². The van der Waals surface area contributed by atoms with Crippen molar-refractivity contribution in [2.75, 3.05) is 18.4 Å². The third-order valence-electron chi connectivity index (χ3n) is 5.88. The van der Waals surface area contributed by atoms with E-state index in [0.29, 0.717) is 5.82 Å². The average Bonchev–Trinajstić information content (AvgIpc) is 3.43. The molecule has 9 nitrogen and oxygen atoms in total. The normalized spacial score (nSPS) is 24.9. The summed E-state index contributed by atoms with van der Waals surface area (Å²) in [5, 5.41) is 9.01. The number of rotatable bonds is 3. The van der Waals surface area contributed by atoms with Crippen LogP contribution < -0.4 is 21.5 Å². The summed E-state index contributed by atoms with van der Waals surface area (Å²) in [7, 11) is 1.64. The first-order chi connectivity index (χ1) is 14.0. The van der Waals surface area contributed by atoms with Crippen LogP contribution in [0, 0.1) is 0 Å². The number of allylic oxidation sites excluding steroid dienone is 1. The number of nitrogens with one attached hydrogen (secondary N) is 3. The molecule has 1 aromatic heterocycles. The second kappa shape index (κ2) is 6.68. The van der Waals surface area contributed by atoms with Crippen LogP contribution in [0.3, 0.4) is 0 Å². The van der Waals surface area contributed by atoms with E-state index in [1.54, 1.807) is 30.3 Å². The molecule has 29 heavy (non-hydrogen) atoms. The topological polar surface area (TPSA) is 98.7 Å². The number of urea groups is 1. The number of nitrogens with zero attached hydrogens (tertiary/aromatic N) is 3. The Morgan fingerprint density at radius 3 is 2.86 bits per heavy atom. The summed E-state index contributed by atoms with van der Waals surface area (Å²) in [6.45, 7) is 1.59. The van der Waals surface area contributed by atoms with E-state index >= 15 is 0 Å². The van der Waals surface area contributed by atoms with E-state index in [4.69, 9.17) is 0 Å². The Kier molecular flexibility index (Phi) is 4.11. The Bertz CT molecular complexity index is 992. The number of pyridine rings is 1. The Morgan fingerprint density at radius 1 is 1.24 bits per heavy atom. The monoisotopic (exact) mass is 396 g/mol. The first-order valence-corrected chi connectivity index (χ1v) is 10.0. The van der Waals surface area contributed by atoms with Gasteiger partial charge in [0.1, 0.15) is 17.6 Å². The maximum Gasteiger partial charge on any atom is 0.327 e. The van der Waals surface area contributed by atoms with Gasteiger partial charge in [-0.3, -0.25) is 14.5 Å². The van der Waals surface area contributed by atoms with Crippen molar-refractivity contribution in [3.63, 3.8) is 0 Å². The second-order valence-electron chi connectivity index (χ2n) is 8.02. The van der Waals surface area contributed by atoms with Crippen molar-refractivity contribution in [3.8, 4) is 0 Å². The van der Waals surface area contributed by atoms with E-state index in [2.05, 4.69) is 20.9 Å². The molecular formula is C20H24N6O3. The minimum Gasteiger partial charge on any atom is -0.366 e. The zero-order valence-corrected chi connectivity index (χ0v) is 16.2. The van der Waals surface area contributed by atoms with E-state index in [0.717, 1.165) is 38.0 Å². The molecule has 1 saturated heterocycles. The number of anilines is 1. The smallest absolute Gasteiger partial charge is 0.327 e. The number of aromatic nitrogens is 1. The molecule has 1 aromatic rings. The largest absolute Gasteiger partial charge is 0.366 e. The molecule has 2 fully saturated rings. The Balaban J connectivity index is 1.41. The quantitative estimate of drug-likeness (QED) is 0.682. The molecule has 1 unspecified atom stereocenters. The Morgan fingerprint density at radius 2 is 2.07 bits per heavy atom. The standard InChI is InChI=1S/C20H24N6O3/c1-24-9-2-3-15(19(24)28)23-20(29)26-13-8-10-25(11-13)16-7-6-14(22-17(16)26)18(27)21-12-4-5-12/h2-3,6-7,9,12-14,22H,4-5,8,10-11H2,1H3,(H,21,27)(H,23,29)/t13-,14?/m0/s1. The zero-order valence-electron chi connectivity index (χ0n) is 16.2. The molecule has 1 aliphatic carbocycles. The molecule has 3 aliphatic heterocycles. The van der Waals surface area contributed by atoms with Crippen LogP contribution >= 0.6 is 0 Å². The van der Waals surface area contributed by atoms with E-state index in [1.165, 1.54) is 4.57 Å². The predicted octanol–water partition coefficient (Wildman–Crippen LogP) is 0.283. The maximum atomic E-state index is 13.2. The van der Waals surface area contributed by atoms with Gasteiger partial charge in [-0.15, -0.1) is 0 Å². The fraction of sp³-hybridized carbons (Fsp3) is 0.450. The van der Waals surface area contributed by atoms with E-state index in [1.807, 2.05) is 12.2 Å². The molecule has 2 bridgehead atoms. The van der Waals surface area contributed by atoms with E-state index < -0.39 is 6.04 Å². The number of carbonyl (C=O) groups excluding carboxylic acids is 2. The highest BCUT2D eigenvalue weighted by atomic mass is 16.2. The highest BCUT2D eigenvalue weighted by Crippen LogP contribution is 2.33. The summed E-state index contributed by atoms with van der Waals surface area (Å²) < 4.78 is 1.42. The number of hydrogen-bond acceptors (Lipinski definition) is 5. The number of fused-ring (bicyclic) bond motifs is 3. The van der Waals surface area contributed by atoms with Crippen molar-refractivity contribution in [3.05, 3.63) is 52.4 Å². The van der Waals surface area contributed by atoms with Crippen LogP contribution in [-0.4, -0.2) is 57.5 Å². The third kappa shape index (κ3) is 3.16. The average molecular weight is 396 g/mol. The molecule has 4 aliphatic rings.